The lowest BCUT2D eigenvalue weighted by molar-refractivity contribution is -0.131. The minimum Gasteiger partial charge on any atom is -0.492 e. The highest BCUT2D eigenvalue weighted by atomic mass is 16.5. The Hall–Kier alpha value is -2.55. The van der Waals surface area contributed by atoms with Crippen LogP contribution in [0.1, 0.15) is 32.6 Å². The number of rotatable bonds is 8. The first kappa shape index (κ1) is 18.2. The van der Waals surface area contributed by atoms with Crippen LogP contribution in [-0.4, -0.2) is 49.3 Å². The van der Waals surface area contributed by atoms with Gasteiger partial charge < -0.3 is 14.5 Å². The summed E-state index contributed by atoms with van der Waals surface area (Å²) in [6.07, 6.45) is 7.85. The van der Waals surface area contributed by atoms with E-state index >= 15 is 0 Å². The summed E-state index contributed by atoms with van der Waals surface area (Å²) >= 11 is 0. The summed E-state index contributed by atoms with van der Waals surface area (Å²) in [4.78, 5) is 16.7. The number of carbonyl (C=O) groups is 1. The van der Waals surface area contributed by atoms with E-state index in [0.717, 1.165) is 44.0 Å². The first-order chi connectivity index (χ1) is 12.7. The summed E-state index contributed by atoms with van der Waals surface area (Å²) in [6, 6.07) is 8.08. The summed E-state index contributed by atoms with van der Waals surface area (Å²) in [5.41, 5.74) is 0.727. The molecule has 26 heavy (non-hydrogen) atoms. The number of anilines is 1. The van der Waals surface area contributed by atoms with Crippen LogP contribution in [-0.2, 0) is 4.79 Å². The largest absolute Gasteiger partial charge is 0.492 e. The smallest absolute Gasteiger partial charge is 0.222 e. The molecule has 3 rings (SSSR count). The van der Waals surface area contributed by atoms with Crippen LogP contribution in [0.25, 0.3) is 0 Å². The van der Waals surface area contributed by atoms with E-state index < -0.39 is 0 Å². The van der Waals surface area contributed by atoms with Crippen LogP contribution in [0.3, 0.4) is 0 Å². The number of amides is 1. The first-order valence-electron chi connectivity index (χ1n) is 9.29. The molecule has 0 spiro atoms. The van der Waals surface area contributed by atoms with Gasteiger partial charge in [-0.15, -0.1) is 12.3 Å². The molecule has 6 heteroatoms. The Morgan fingerprint density at radius 2 is 1.96 bits per heavy atom. The predicted molar refractivity (Wildman–Crippen MR) is 101 cm³/mol. The van der Waals surface area contributed by atoms with Crippen molar-refractivity contribution in [2.75, 3.05) is 37.7 Å². The van der Waals surface area contributed by atoms with Crippen molar-refractivity contribution in [3.63, 3.8) is 0 Å². The Bertz CT molecular complexity index is 696. The Kier molecular flexibility index (Phi) is 5.77. The van der Waals surface area contributed by atoms with Crippen molar-refractivity contribution in [2.24, 2.45) is 10.2 Å². The van der Waals surface area contributed by atoms with Crippen molar-refractivity contribution in [1.82, 2.24) is 4.90 Å². The molecule has 1 saturated heterocycles. The first-order valence-corrected chi connectivity index (χ1v) is 9.29. The lowest BCUT2D eigenvalue weighted by Gasteiger charge is -2.36. The van der Waals surface area contributed by atoms with Gasteiger partial charge in [-0.25, -0.2) is 0 Å². The van der Waals surface area contributed by atoms with Gasteiger partial charge in [-0.05, 0) is 19.1 Å². The number of benzene rings is 1. The number of para-hydroxylation sites is 2. The second-order valence-electron chi connectivity index (χ2n) is 6.66. The molecule has 0 bridgehead atoms. The predicted octanol–water partition coefficient (Wildman–Crippen LogP) is 3.09. The summed E-state index contributed by atoms with van der Waals surface area (Å²) in [6.45, 7) is 5.71. The molecular formula is C20H26N4O2. The van der Waals surface area contributed by atoms with Gasteiger partial charge in [0.1, 0.15) is 5.75 Å². The molecule has 1 aromatic carbocycles. The zero-order valence-electron chi connectivity index (χ0n) is 15.4. The molecule has 0 N–H and O–H groups in total. The third kappa shape index (κ3) is 4.34. The van der Waals surface area contributed by atoms with Gasteiger partial charge in [-0.2, -0.15) is 10.2 Å². The zero-order valence-corrected chi connectivity index (χ0v) is 15.4. The normalized spacial score (nSPS) is 17.7. The van der Waals surface area contributed by atoms with Crippen LogP contribution in [0.5, 0.6) is 5.75 Å². The number of terminal acetylenes is 1. The average molecular weight is 354 g/mol. The van der Waals surface area contributed by atoms with Crippen molar-refractivity contribution in [2.45, 2.75) is 38.3 Å². The summed E-state index contributed by atoms with van der Waals surface area (Å²) in [7, 11) is 0. The van der Waals surface area contributed by atoms with E-state index in [0.29, 0.717) is 25.9 Å². The fraction of sp³-hybridized carbons (Fsp3) is 0.550. The molecule has 0 aromatic heterocycles. The molecule has 0 radical (unpaired) electrons. The highest BCUT2D eigenvalue weighted by molar-refractivity contribution is 5.76. The average Bonchev–Trinajstić information content (AvgIpc) is 3.46. The molecule has 2 aliphatic rings. The zero-order chi connectivity index (χ0) is 18.4. The Labute approximate surface area is 155 Å². The third-order valence-corrected chi connectivity index (χ3v) is 4.93. The summed E-state index contributed by atoms with van der Waals surface area (Å²) < 4.78 is 5.72. The van der Waals surface area contributed by atoms with Gasteiger partial charge >= 0.3 is 0 Å². The number of hydrogen-bond acceptors (Lipinski definition) is 5. The molecule has 2 heterocycles. The van der Waals surface area contributed by atoms with Crippen molar-refractivity contribution in [3.05, 3.63) is 24.3 Å². The van der Waals surface area contributed by atoms with Crippen molar-refractivity contribution in [3.8, 4) is 18.1 Å². The van der Waals surface area contributed by atoms with Gasteiger partial charge in [0, 0.05) is 51.9 Å². The second kappa shape index (κ2) is 8.22. The maximum atomic E-state index is 12.5. The van der Waals surface area contributed by atoms with Crippen LogP contribution >= 0.6 is 0 Å². The molecule has 1 fully saturated rings. The van der Waals surface area contributed by atoms with Crippen LogP contribution in [0.15, 0.2) is 34.5 Å². The van der Waals surface area contributed by atoms with Crippen LogP contribution in [0.4, 0.5) is 5.69 Å². The van der Waals surface area contributed by atoms with Gasteiger partial charge in [0.2, 0.25) is 5.91 Å². The topological polar surface area (TPSA) is 57.5 Å². The maximum Gasteiger partial charge on any atom is 0.222 e. The Morgan fingerprint density at radius 1 is 1.23 bits per heavy atom. The molecule has 0 unspecified atom stereocenters. The molecule has 2 aliphatic heterocycles. The monoisotopic (exact) mass is 354 g/mol. The fourth-order valence-electron chi connectivity index (χ4n) is 3.33. The standard InChI is InChI=1S/C20H26N4O2/c1-3-5-11-20(21-22-20)12-10-19(25)24-15-13-23(14-16-24)17-8-6-7-9-18(17)26-4-2/h1,6-9H,4-5,10-16H2,2H3. The molecule has 1 aromatic rings. The minimum atomic E-state index is -0.375. The highest BCUT2D eigenvalue weighted by Crippen LogP contribution is 2.37. The molecule has 0 aliphatic carbocycles. The molecule has 138 valence electrons. The van der Waals surface area contributed by atoms with Crippen molar-refractivity contribution in [1.29, 1.82) is 0 Å². The molecule has 1 amide bonds. The van der Waals surface area contributed by atoms with Crippen LogP contribution in [0.2, 0.25) is 0 Å². The van der Waals surface area contributed by atoms with Gasteiger partial charge in [0.05, 0.1) is 12.3 Å². The number of carbonyl (C=O) groups excluding carboxylic acids is 1. The Balaban J connectivity index is 1.48. The maximum absolute atomic E-state index is 12.5. The number of nitrogens with zero attached hydrogens (tertiary/aromatic N) is 4. The van der Waals surface area contributed by atoms with E-state index in [2.05, 4.69) is 27.1 Å². The summed E-state index contributed by atoms with van der Waals surface area (Å²) in [5, 5.41) is 8.21. The lowest BCUT2D eigenvalue weighted by Crippen LogP contribution is -2.49. The van der Waals surface area contributed by atoms with E-state index in [-0.39, 0.29) is 11.6 Å². The quantitative estimate of drug-likeness (QED) is 0.674. The van der Waals surface area contributed by atoms with E-state index in [1.165, 1.54) is 0 Å². The van der Waals surface area contributed by atoms with Gasteiger partial charge in [0.15, 0.2) is 5.66 Å². The van der Waals surface area contributed by atoms with Gasteiger partial charge in [-0.3, -0.25) is 4.79 Å². The molecule has 6 nitrogen and oxygen atoms in total. The second-order valence-corrected chi connectivity index (χ2v) is 6.66. The van der Waals surface area contributed by atoms with E-state index in [1.54, 1.807) is 0 Å². The van der Waals surface area contributed by atoms with Gasteiger partial charge in [0.25, 0.3) is 0 Å². The number of piperazine rings is 1. The molecule has 0 atom stereocenters. The third-order valence-electron chi connectivity index (χ3n) is 4.93. The van der Waals surface area contributed by atoms with E-state index in [1.807, 2.05) is 30.0 Å². The Morgan fingerprint density at radius 3 is 2.62 bits per heavy atom. The highest BCUT2D eigenvalue weighted by Gasteiger charge is 2.39. The summed E-state index contributed by atoms with van der Waals surface area (Å²) in [5.74, 6) is 3.70. The number of hydrogen-bond donors (Lipinski definition) is 0. The SMILES string of the molecule is C#CCCC1(CCC(=O)N2CCN(c3ccccc3OCC)CC2)N=N1. The van der Waals surface area contributed by atoms with Crippen molar-refractivity contribution >= 4 is 11.6 Å². The molecular weight excluding hydrogens is 328 g/mol. The molecule has 0 saturated carbocycles. The van der Waals surface area contributed by atoms with Crippen molar-refractivity contribution < 1.29 is 9.53 Å². The number of ether oxygens (including phenoxy) is 1. The lowest BCUT2D eigenvalue weighted by atomic mass is 10.0. The van der Waals surface area contributed by atoms with Crippen LogP contribution in [0, 0.1) is 12.3 Å². The van der Waals surface area contributed by atoms with E-state index in [4.69, 9.17) is 11.2 Å². The van der Waals surface area contributed by atoms with Gasteiger partial charge in [-0.1, -0.05) is 12.1 Å². The van der Waals surface area contributed by atoms with Crippen LogP contribution < -0.4 is 9.64 Å². The van der Waals surface area contributed by atoms with E-state index in [9.17, 15) is 4.79 Å². The minimum absolute atomic E-state index is 0.181. The fourth-order valence-corrected chi connectivity index (χ4v) is 3.33.